The Morgan fingerprint density at radius 1 is 1.32 bits per heavy atom. The molecule has 0 bridgehead atoms. The summed E-state index contributed by atoms with van der Waals surface area (Å²) in [6.07, 6.45) is 0.722. The van der Waals surface area contributed by atoms with Crippen molar-refractivity contribution in [2.45, 2.75) is 32.4 Å². The summed E-state index contributed by atoms with van der Waals surface area (Å²) in [6, 6.07) is 10.3. The summed E-state index contributed by atoms with van der Waals surface area (Å²) < 4.78 is 6.41. The first kappa shape index (κ1) is 20.8. The molecule has 1 amide bonds. The van der Waals surface area contributed by atoms with Crippen molar-refractivity contribution in [3.63, 3.8) is 0 Å². The summed E-state index contributed by atoms with van der Waals surface area (Å²) in [6.45, 7) is 4.79. The number of Topliss-reactive ketones (excluding diaryl/α,β-unsaturated/α-hetero) is 1. The number of halogens is 1. The molecule has 5 nitrogen and oxygen atoms in total. The van der Waals surface area contributed by atoms with Crippen LogP contribution in [0.15, 0.2) is 57.6 Å². The van der Waals surface area contributed by atoms with Crippen molar-refractivity contribution in [2.75, 3.05) is 13.2 Å². The van der Waals surface area contributed by atoms with Gasteiger partial charge in [0.15, 0.2) is 5.76 Å². The van der Waals surface area contributed by atoms with Gasteiger partial charge < -0.3 is 14.7 Å². The van der Waals surface area contributed by atoms with E-state index in [1.54, 1.807) is 22.4 Å². The molecule has 1 atom stereocenters. The van der Waals surface area contributed by atoms with Crippen molar-refractivity contribution in [1.82, 2.24) is 4.90 Å². The van der Waals surface area contributed by atoms with E-state index in [2.05, 4.69) is 15.9 Å². The molecule has 0 aliphatic carbocycles. The molecule has 0 fully saturated rings. The fourth-order valence-corrected chi connectivity index (χ4v) is 4.33. The van der Waals surface area contributed by atoms with Crippen LogP contribution in [0, 0.1) is 0 Å². The average molecular weight is 464 g/mol. The van der Waals surface area contributed by atoms with Crippen LogP contribution in [-0.2, 0) is 9.53 Å². The number of amides is 1. The minimum Gasteiger partial charge on any atom is -0.503 e. The Kier molecular flexibility index (Phi) is 6.69. The molecule has 3 rings (SSSR count). The second-order valence-corrected chi connectivity index (χ2v) is 8.66. The van der Waals surface area contributed by atoms with Crippen LogP contribution in [-0.4, -0.2) is 41.0 Å². The summed E-state index contributed by atoms with van der Waals surface area (Å²) in [5.41, 5.74) is 0.909. The maximum absolute atomic E-state index is 13.1. The first-order valence-corrected chi connectivity index (χ1v) is 10.8. The molecule has 1 aliphatic rings. The first-order valence-electron chi connectivity index (χ1n) is 9.09. The molecule has 2 heterocycles. The summed E-state index contributed by atoms with van der Waals surface area (Å²) >= 11 is 4.74. The van der Waals surface area contributed by atoms with Gasteiger partial charge >= 0.3 is 0 Å². The van der Waals surface area contributed by atoms with E-state index in [1.807, 2.05) is 38.1 Å². The fraction of sp³-hybridized carbons (Fsp3) is 0.333. The highest BCUT2D eigenvalue weighted by Crippen LogP contribution is 2.40. The maximum atomic E-state index is 13.1. The summed E-state index contributed by atoms with van der Waals surface area (Å²) in [7, 11) is 0. The van der Waals surface area contributed by atoms with Crippen LogP contribution in [0.5, 0.6) is 0 Å². The third-order valence-corrected chi connectivity index (χ3v) is 5.81. The lowest BCUT2D eigenvalue weighted by Crippen LogP contribution is -2.32. The zero-order chi connectivity index (χ0) is 20.3. The highest BCUT2D eigenvalue weighted by molar-refractivity contribution is 9.10. The lowest BCUT2D eigenvalue weighted by Gasteiger charge is -2.27. The van der Waals surface area contributed by atoms with Crippen LogP contribution in [0.3, 0.4) is 0 Å². The maximum Gasteiger partial charge on any atom is 0.290 e. The number of rotatable bonds is 8. The summed E-state index contributed by atoms with van der Waals surface area (Å²) in [4.78, 5) is 27.9. The number of hydrogen-bond acceptors (Lipinski definition) is 5. The van der Waals surface area contributed by atoms with E-state index in [1.165, 1.54) is 11.3 Å². The van der Waals surface area contributed by atoms with Crippen LogP contribution in [0.25, 0.3) is 0 Å². The molecule has 0 radical (unpaired) electrons. The number of carbonyl (C=O) groups is 2. The number of aliphatic hydroxyl groups excluding tert-OH is 1. The van der Waals surface area contributed by atoms with Gasteiger partial charge in [0.2, 0.25) is 5.78 Å². The van der Waals surface area contributed by atoms with Gasteiger partial charge in [-0.1, -0.05) is 34.1 Å². The van der Waals surface area contributed by atoms with E-state index in [0.29, 0.717) is 24.4 Å². The second kappa shape index (κ2) is 9.03. The number of aliphatic hydroxyl groups is 1. The Balaban J connectivity index is 1.94. The Labute approximate surface area is 176 Å². The van der Waals surface area contributed by atoms with Gasteiger partial charge in [0.25, 0.3) is 5.91 Å². The number of ketones is 1. The van der Waals surface area contributed by atoms with Crippen molar-refractivity contribution in [1.29, 1.82) is 0 Å². The predicted octanol–water partition coefficient (Wildman–Crippen LogP) is 4.90. The van der Waals surface area contributed by atoms with Gasteiger partial charge in [0.1, 0.15) is 0 Å². The van der Waals surface area contributed by atoms with Crippen molar-refractivity contribution >= 4 is 39.0 Å². The number of nitrogens with zero attached hydrogens (tertiary/aromatic N) is 1. The molecule has 148 valence electrons. The monoisotopic (exact) mass is 463 g/mol. The van der Waals surface area contributed by atoms with Gasteiger partial charge in [-0.15, -0.1) is 11.3 Å². The molecular weight excluding hydrogens is 442 g/mol. The molecule has 0 saturated carbocycles. The normalized spacial score (nSPS) is 17.1. The smallest absolute Gasteiger partial charge is 0.290 e. The Hall–Kier alpha value is -1.96. The van der Waals surface area contributed by atoms with E-state index in [0.717, 1.165) is 10.0 Å². The number of hydrogen-bond donors (Lipinski definition) is 1. The minimum atomic E-state index is -0.626. The van der Waals surface area contributed by atoms with Crippen molar-refractivity contribution in [3.05, 3.63) is 68.0 Å². The van der Waals surface area contributed by atoms with E-state index < -0.39 is 17.7 Å². The van der Waals surface area contributed by atoms with Crippen molar-refractivity contribution in [2.24, 2.45) is 0 Å². The van der Waals surface area contributed by atoms with E-state index >= 15 is 0 Å². The number of ether oxygens (including phenoxy) is 1. The van der Waals surface area contributed by atoms with Crippen LogP contribution >= 0.6 is 27.3 Å². The minimum absolute atomic E-state index is 0.109. The second-order valence-electron chi connectivity index (χ2n) is 6.80. The molecule has 1 aromatic carbocycles. The number of benzene rings is 1. The molecule has 7 heteroatoms. The number of carbonyl (C=O) groups excluding carboxylic acids is 2. The highest BCUT2D eigenvalue weighted by atomic mass is 79.9. The lowest BCUT2D eigenvalue weighted by atomic mass is 9.95. The van der Waals surface area contributed by atoms with Gasteiger partial charge in [-0.25, -0.2) is 0 Å². The molecule has 1 N–H and O–H groups in total. The number of thiophene rings is 1. The van der Waals surface area contributed by atoms with Gasteiger partial charge in [0, 0.05) is 17.6 Å². The molecule has 0 unspecified atom stereocenters. The molecule has 1 aromatic heterocycles. The SMILES string of the molecule is CC(C)OCCCN1C(=O)C(O)=C(C(=O)c2cccs2)[C@@H]1c1cccc(Br)c1. The summed E-state index contributed by atoms with van der Waals surface area (Å²) in [5.74, 6) is -1.30. The van der Waals surface area contributed by atoms with Crippen LogP contribution in [0.1, 0.15) is 41.5 Å². The molecule has 1 aliphatic heterocycles. The van der Waals surface area contributed by atoms with Gasteiger partial charge in [-0.2, -0.15) is 0 Å². The third kappa shape index (κ3) is 4.37. The van der Waals surface area contributed by atoms with Crippen LogP contribution in [0.4, 0.5) is 0 Å². The largest absolute Gasteiger partial charge is 0.503 e. The lowest BCUT2D eigenvalue weighted by molar-refractivity contribution is -0.129. The van der Waals surface area contributed by atoms with Crippen LogP contribution < -0.4 is 0 Å². The van der Waals surface area contributed by atoms with E-state index in [9.17, 15) is 14.7 Å². The van der Waals surface area contributed by atoms with Gasteiger partial charge in [-0.05, 0) is 49.4 Å². The highest BCUT2D eigenvalue weighted by Gasteiger charge is 2.43. The predicted molar refractivity (Wildman–Crippen MR) is 113 cm³/mol. The van der Waals surface area contributed by atoms with Crippen molar-refractivity contribution < 1.29 is 19.4 Å². The fourth-order valence-electron chi connectivity index (χ4n) is 3.23. The van der Waals surface area contributed by atoms with E-state index in [-0.39, 0.29) is 17.5 Å². The molecule has 28 heavy (non-hydrogen) atoms. The first-order chi connectivity index (χ1) is 13.4. The quantitative estimate of drug-likeness (QED) is 0.446. The topological polar surface area (TPSA) is 66.8 Å². The Morgan fingerprint density at radius 2 is 2.11 bits per heavy atom. The van der Waals surface area contributed by atoms with Crippen LogP contribution in [0.2, 0.25) is 0 Å². The Bertz CT molecular complexity index is 892. The zero-order valence-electron chi connectivity index (χ0n) is 15.7. The standard InChI is InChI=1S/C21H22BrNO4S/c1-13(2)27-10-5-9-23-18(14-6-3-7-15(22)12-14)17(20(25)21(23)26)19(24)16-8-4-11-28-16/h3-4,6-8,11-13,18,25H,5,9-10H2,1-2H3/t18-/m0/s1. The molecule has 0 saturated heterocycles. The van der Waals surface area contributed by atoms with Crippen molar-refractivity contribution in [3.8, 4) is 0 Å². The molecule has 0 spiro atoms. The molecule has 2 aromatic rings. The molecular formula is C21H22BrNO4S. The Morgan fingerprint density at radius 3 is 2.75 bits per heavy atom. The summed E-state index contributed by atoms with van der Waals surface area (Å²) in [5, 5.41) is 12.4. The van der Waals surface area contributed by atoms with E-state index in [4.69, 9.17) is 4.74 Å². The van der Waals surface area contributed by atoms with Gasteiger partial charge in [-0.3, -0.25) is 9.59 Å². The average Bonchev–Trinajstić information content (AvgIpc) is 3.27. The zero-order valence-corrected chi connectivity index (χ0v) is 18.1. The third-order valence-electron chi connectivity index (χ3n) is 4.45. The van der Waals surface area contributed by atoms with Gasteiger partial charge in [0.05, 0.1) is 22.6 Å².